The molecule has 0 saturated heterocycles. The third-order valence-corrected chi connectivity index (χ3v) is 2.08. The van der Waals surface area contributed by atoms with Crippen LogP contribution in [0.3, 0.4) is 0 Å². The van der Waals surface area contributed by atoms with Gasteiger partial charge in [0.15, 0.2) is 0 Å². The molecule has 0 aliphatic rings. The zero-order valence-corrected chi connectivity index (χ0v) is 9.16. The summed E-state index contributed by atoms with van der Waals surface area (Å²) in [6, 6.07) is 6.33. The van der Waals surface area contributed by atoms with Crippen LogP contribution in [-0.2, 0) is 11.3 Å². The fourth-order valence-electron chi connectivity index (χ4n) is 1.12. The van der Waals surface area contributed by atoms with Crippen LogP contribution in [0.4, 0.5) is 4.39 Å². The van der Waals surface area contributed by atoms with Crippen LogP contribution in [0.1, 0.15) is 19.4 Å². The minimum absolute atomic E-state index is 0.0795. The van der Waals surface area contributed by atoms with Crippen LogP contribution < -0.4 is 0 Å². The van der Waals surface area contributed by atoms with E-state index in [0.717, 1.165) is 5.56 Å². The van der Waals surface area contributed by atoms with Crippen LogP contribution in [0.25, 0.3) is 0 Å². The van der Waals surface area contributed by atoms with Gasteiger partial charge in [0.25, 0.3) is 0 Å². The summed E-state index contributed by atoms with van der Waals surface area (Å²) < 4.78 is 18.2. The van der Waals surface area contributed by atoms with E-state index in [0.29, 0.717) is 13.2 Å². The summed E-state index contributed by atoms with van der Waals surface area (Å²) in [5.74, 6) is -0.252. The number of halogens is 1. The lowest BCUT2D eigenvalue weighted by Crippen LogP contribution is -2.23. The maximum absolute atomic E-state index is 12.8. The maximum Gasteiger partial charge on any atom is 0.123 e. The van der Waals surface area contributed by atoms with Crippen LogP contribution in [-0.4, -0.2) is 18.3 Å². The lowest BCUT2D eigenvalue weighted by atomic mass is 9.97. The van der Waals surface area contributed by atoms with Gasteiger partial charge in [0.2, 0.25) is 0 Å². The predicted molar refractivity (Wildman–Crippen MR) is 56.9 cm³/mol. The average molecular weight is 212 g/mol. The van der Waals surface area contributed by atoms with Crippen LogP contribution in [0, 0.1) is 11.2 Å². The summed E-state index contributed by atoms with van der Waals surface area (Å²) in [5.41, 5.74) is 0.566. The molecule has 3 heteroatoms. The number of benzene rings is 1. The number of hydrogen-bond donors (Lipinski definition) is 1. The molecule has 0 bridgehead atoms. The van der Waals surface area contributed by atoms with Crippen molar-refractivity contribution in [3.8, 4) is 0 Å². The topological polar surface area (TPSA) is 29.5 Å². The smallest absolute Gasteiger partial charge is 0.123 e. The Labute approximate surface area is 89.7 Å². The molecule has 1 aromatic carbocycles. The first kappa shape index (κ1) is 12.1. The van der Waals surface area contributed by atoms with Gasteiger partial charge in [-0.05, 0) is 17.7 Å². The largest absolute Gasteiger partial charge is 0.396 e. The van der Waals surface area contributed by atoms with Crippen molar-refractivity contribution in [1.82, 2.24) is 0 Å². The van der Waals surface area contributed by atoms with Crippen molar-refractivity contribution in [2.24, 2.45) is 5.41 Å². The summed E-state index contributed by atoms with van der Waals surface area (Å²) in [6.45, 7) is 4.74. The Bertz CT molecular complexity index is 310. The van der Waals surface area contributed by atoms with Gasteiger partial charge < -0.3 is 9.84 Å². The van der Waals surface area contributed by atoms with E-state index in [4.69, 9.17) is 9.84 Å². The van der Waals surface area contributed by atoms with Gasteiger partial charge in [-0.3, -0.25) is 0 Å². The Hall–Kier alpha value is -0.930. The van der Waals surface area contributed by atoms with Crippen molar-refractivity contribution < 1.29 is 14.2 Å². The molecule has 0 radical (unpaired) electrons. The van der Waals surface area contributed by atoms with E-state index in [9.17, 15) is 4.39 Å². The van der Waals surface area contributed by atoms with Crippen molar-refractivity contribution in [3.05, 3.63) is 35.6 Å². The summed E-state index contributed by atoms with van der Waals surface area (Å²) in [6.07, 6.45) is 0. The van der Waals surface area contributed by atoms with E-state index in [1.165, 1.54) is 12.1 Å². The normalized spacial score (nSPS) is 11.7. The Kier molecular flexibility index (Phi) is 4.24. The van der Waals surface area contributed by atoms with Gasteiger partial charge in [-0.25, -0.2) is 4.39 Å². The highest BCUT2D eigenvalue weighted by Crippen LogP contribution is 2.15. The van der Waals surface area contributed by atoms with Crippen LogP contribution in [0.2, 0.25) is 0 Å². The zero-order chi connectivity index (χ0) is 11.3. The number of aliphatic hydroxyl groups excluding tert-OH is 1. The summed E-state index contributed by atoms with van der Waals surface area (Å²) in [7, 11) is 0. The molecule has 0 heterocycles. The second kappa shape index (κ2) is 5.24. The van der Waals surface area contributed by atoms with E-state index in [-0.39, 0.29) is 17.8 Å². The van der Waals surface area contributed by atoms with E-state index in [1.807, 2.05) is 19.9 Å². The van der Waals surface area contributed by atoms with E-state index >= 15 is 0 Å². The Morgan fingerprint density at radius 2 is 2.13 bits per heavy atom. The quantitative estimate of drug-likeness (QED) is 0.812. The van der Waals surface area contributed by atoms with Gasteiger partial charge in [-0.2, -0.15) is 0 Å². The molecule has 84 valence electrons. The van der Waals surface area contributed by atoms with Crippen molar-refractivity contribution in [3.63, 3.8) is 0 Å². The first-order chi connectivity index (χ1) is 7.03. The second-order valence-corrected chi connectivity index (χ2v) is 4.45. The van der Waals surface area contributed by atoms with E-state index in [2.05, 4.69) is 0 Å². The van der Waals surface area contributed by atoms with Gasteiger partial charge >= 0.3 is 0 Å². The maximum atomic E-state index is 12.8. The number of aliphatic hydroxyl groups is 1. The molecule has 0 fully saturated rings. The minimum Gasteiger partial charge on any atom is -0.396 e. The highest BCUT2D eigenvalue weighted by Gasteiger charge is 2.16. The molecular weight excluding hydrogens is 195 g/mol. The molecule has 0 amide bonds. The molecule has 1 rings (SSSR count). The summed E-state index contributed by atoms with van der Waals surface area (Å²) in [5, 5.41) is 9.00. The highest BCUT2D eigenvalue weighted by molar-refractivity contribution is 5.15. The number of rotatable bonds is 5. The molecule has 0 saturated carbocycles. The highest BCUT2D eigenvalue weighted by atomic mass is 19.1. The van der Waals surface area contributed by atoms with Crippen molar-refractivity contribution >= 4 is 0 Å². The van der Waals surface area contributed by atoms with Crippen molar-refractivity contribution in [2.75, 3.05) is 13.2 Å². The van der Waals surface area contributed by atoms with Gasteiger partial charge in [0.1, 0.15) is 5.82 Å². The first-order valence-corrected chi connectivity index (χ1v) is 4.96. The van der Waals surface area contributed by atoms with Crippen molar-refractivity contribution in [1.29, 1.82) is 0 Å². The molecule has 1 N–H and O–H groups in total. The fraction of sp³-hybridized carbons (Fsp3) is 0.500. The van der Waals surface area contributed by atoms with Gasteiger partial charge in [0, 0.05) is 5.41 Å². The molecule has 0 spiro atoms. The first-order valence-electron chi connectivity index (χ1n) is 4.96. The Morgan fingerprint density at radius 1 is 1.40 bits per heavy atom. The van der Waals surface area contributed by atoms with Gasteiger partial charge in [-0.1, -0.05) is 26.0 Å². The zero-order valence-electron chi connectivity index (χ0n) is 9.16. The number of hydrogen-bond acceptors (Lipinski definition) is 2. The third-order valence-electron chi connectivity index (χ3n) is 2.08. The molecule has 0 unspecified atom stereocenters. The molecule has 0 aliphatic heterocycles. The molecular formula is C12H17FO2. The molecule has 1 aromatic rings. The molecule has 0 aromatic heterocycles. The van der Waals surface area contributed by atoms with E-state index < -0.39 is 0 Å². The third kappa shape index (κ3) is 4.40. The standard InChI is InChI=1S/C12H17FO2/c1-12(2,8-14)9-15-7-10-4-3-5-11(13)6-10/h3-6,14H,7-9H2,1-2H3. The molecule has 0 aliphatic carbocycles. The lowest BCUT2D eigenvalue weighted by Gasteiger charge is -2.21. The van der Waals surface area contributed by atoms with Crippen LogP contribution in [0.15, 0.2) is 24.3 Å². The molecule has 2 nitrogen and oxygen atoms in total. The number of ether oxygens (including phenoxy) is 1. The Morgan fingerprint density at radius 3 is 2.73 bits per heavy atom. The van der Waals surface area contributed by atoms with Gasteiger partial charge in [-0.15, -0.1) is 0 Å². The predicted octanol–water partition coefficient (Wildman–Crippen LogP) is 2.36. The van der Waals surface area contributed by atoms with Crippen LogP contribution in [0.5, 0.6) is 0 Å². The lowest BCUT2D eigenvalue weighted by molar-refractivity contribution is 0.0197. The molecule has 15 heavy (non-hydrogen) atoms. The monoisotopic (exact) mass is 212 g/mol. The summed E-state index contributed by atoms with van der Waals surface area (Å²) in [4.78, 5) is 0. The molecule has 0 atom stereocenters. The van der Waals surface area contributed by atoms with Crippen molar-refractivity contribution in [2.45, 2.75) is 20.5 Å². The summed E-state index contributed by atoms with van der Waals surface area (Å²) >= 11 is 0. The van der Waals surface area contributed by atoms with Gasteiger partial charge in [0.05, 0.1) is 19.8 Å². The van der Waals surface area contributed by atoms with Crippen LogP contribution >= 0.6 is 0 Å². The fourth-order valence-corrected chi connectivity index (χ4v) is 1.12. The average Bonchev–Trinajstić information content (AvgIpc) is 2.18. The van der Waals surface area contributed by atoms with E-state index in [1.54, 1.807) is 6.07 Å². The second-order valence-electron chi connectivity index (χ2n) is 4.45. The minimum atomic E-state index is -0.252. The Balaban J connectivity index is 2.38. The SMILES string of the molecule is CC(C)(CO)COCc1cccc(F)c1.